The first-order valence-corrected chi connectivity index (χ1v) is 9.06. The van der Waals surface area contributed by atoms with Crippen molar-refractivity contribution in [3.63, 3.8) is 0 Å². The summed E-state index contributed by atoms with van der Waals surface area (Å²) >= 11 is 0. The number of nitrogens with one attached hydrogen (secondary N) is 1. The summed E-state index contributed by atoms with van der Waals surface area (Å²) in [6, 6.07) is 18.8. The number of carbonyl (C=O) groups is 1. The van der Waals surface area contributed by atoms with Crippen LogP contribution < -0.4 is 0 Å². The van der Waals surface area contributed by atoms with Crippen molar-refractivity contribution in [2.24, 2.45) is 0 Å². The summed E-state index contributed by atoms with van der Waals surface area (Å²) in [5, 5.41) is 0. The summed E-state index contributed by atoms with van der Waals surface area (Å²) in [6.07, 6.45) is 4.35. The fourth-order valence-electron chi connectivity index (χ4n) is 3.76. The first kappa shape index (κ1) is 15.9. The van der Waals surface area contributed by atoms with E-state index in [1.165, 1.54) is 5.56 Å². The summed E-state index contributed by atoms with van der Waals surface area (Å²) in [6.45, 7) is 0.885. The summed E-state index contributed by atoms with van der Waals surface area (Å²) in [5.74, 6) is 1.15. The molecule has 0 saturated carbocycles. The Hall–Kier alpha value is -2.62. The van der Waals surface area contributed by atoms with E-state index in [1.54, 1.807) is 0 Å². The number of benzene rings is 2. The lowest BCUT2D eigenvalue weighted by atomic mass is 10.0. The Morgan fingerprint density at radius 2 is 1.92 bits per heavy atom. The van der Waals surface area contributed by atoms with Crippen LogP contribution in [-0.4, -0.2) is 33.4 Å². The number of fused-ring (bicyclic) bond motifs is 1. The lowest BCUT2D eigenvalue weighted by Crippen LogP contribution is -2.37. The second-order valence-electron chi connectivity index (χ2n) is 6.77. The Labute approximate surface area is 147 Å². The summed E-state index contributed by atoms with van der Waals surface area (Å²) in [7, 11) is 0. The maximum atomic E-state index is 12.7. The van der Waals surface area contributed by atoms with Gasteiger partial charge < -0.3 is 9.88 Å². The maximum absolute atomic E-state index is 12.7. The first-order valence-electron chi connectivity index (χ1n) is 9.06. The van der Waals surface area contributed by atoms with E-state index in [0.29, 0.717) is 18.9 Å². The molecule has 1 amide bonds. The number of aromatic amines is 1. The average molecular weight is 333 g/mol. The highest BCUT2D eigenvalue weighted by molar-refractivity contribution is 5.78. The molecule has 4 heteroatoms. The number of H-pyrrole nitrogens is 1. The van der Waals surface area contributed by atoms with Crippen LogP contribution in [0.2, 0.25) is 0 Å². The highest BCUT2D eigenvalue weighted by atomic mass is 16.2. The van der Waals surface area contributed by atoms with Crippen LogP contribution in [0.1, 0.15) is 30.7 Å². The molecule has 4 nitrogen and oxygen atoms in total. The smallest absolute Gasteiger partial charge is 0.223 e. The van der Waals surface area contributed by atoms with Gasteiger partial charge in [0.15, 0.2) is 0 Å². The minimum atomic E-state index is 0.249. The number of rotatable bonds is 5. The Kier molecular flexibility index (Phi) is 4.51. The van der Waals surface area contributed by atoms with Gasteiger partial charge in [0.05, 0.1) is 11.0 Å². The third kappa shape index (κ3) is 3.58. The number of carbonyl (C=O) groups excluding carboxylic acids is 1. The molecule has 128 valence electrons. The number of hydrogen-bond donors (Lipinski definition) is 1. The molecule has 1 aliphatic heterocycles. The molecule has 1 aliphatic rings. The summed E-state index contributed by atoms with van der Waals surface area (Å²) in [4.78, 5) is 22.7. The molecule has 1 atom stereocenters. The lowest BCUT2D eigenvalue weighted by Gasteiger charge is -2.25. The third-order valence-corrected chi connectivity index (χ3v) is 5.03. The molecule has 0 spiro atoms. The second-order valence-corrected chi connectivity index (χ2v) is 6.77. The predicted molar refractivity (Wildman–Crippen MR) is 99.3 cm³/mol. The molecule has 1 aromatic heterocycles. The number of hydrogen-bond acceptors (Lipinski definition) is 2. The molecular formula is C21H23N3O. The SMILES string of the molecule is O=C(CCc1nc2ccccc2[nH]1)N1CCCC1Cc1ccccc1. The van der Waals surface area contributed by atoms with Gasteiger partial charge in [0.1, 0.15) is 5.82 Å². The van der Waals surface area contributed by atoms with Crippen molar-refractivity contribution in [1.82, 2.24) is 14.9 Å². The molecular weight excluding hydrogens is 310 g/mol. The zero-order chi connectivity index (χ0) is 17.1. The van der Waals surface area contributed by atoms with Gasteiger partial charge in [-0.3, -0.25) is 4.79 Å². The van der Waals surface area contributed by atoms with Crippen LogP contribution >= 0.6 is 0 Å². The number of para-hydroxylation sites is 2. The lowest BCUT2D eigenvalue weighted by molar-refractivity contribution is -0.131. The van der Waals surface area contributed by atoms with Crippen LogP contribution in [-0.2, 0) is 17.6 Å². The van der Waals surface area contributed by atoms with Crippen molar-refractivity contribution in [2.45, 2.75) is 38.1 Å². The van der Waals surface area contributed by atoms with Crippen LogP contribution in [0.15, 0.2) is 54.6 Å². The number of likely N-dealkylation sites (tertiary alicyclic amines) is 1. The number of aryl methyl sites for hydroxylation is 1. The molecule has 0 bridgehead atoms. The van der Waals surface area contributed by atoms with Gasteiger partial charge in [-0.25, -0.2) is 4.98 Å². The second kappa shape index (κ2) is 7.09. The molecule has 0 radical (unpaired) electrons. The van der Waals surface area contributed by atoms with E-state index in [0.717, 1.165) is 42.7 Å². The van der Waals surface area contributed by atoms with Crippen LogP contribution in [0.5, 0.6) is 0 Å². The molecule has 4 rings (SSSR count). The first-order chi connectivity index (χ1) is 12.3. The molecule has 1 N–H and O–H groups in total. The fourth-order valence-corrected chi connectivity index (χ4v) is 3.76. The molecule has 2 aromatic carbocycles. The van der Waals surface area contributed by atoms with Gasteiger partial charge in [-0.1, -0.05) is 42.5 Å². The minimum Gasteiger partial charge on any atom is -0.342 e. The van der Waals surface area contributed by atoms with Gasteiger partial charge in [0.25, 0.3) is 0 Å². The number of nitrogens with zero attached hydrogens (tertiary/aromatic N) is 2. The highest BCUT2D eigenvalue weighted by Gasteiger charge is 2.28. The standard InChI is InChI=1S/C21H23N3O/c25-21(13-12-20-22-18-10-4-5-11-19(18)23-20)24-14-6-9-17(24)15-16-7-2-1-3-8-16/h1-5,7-8,10-11,17H,6,9,12-15H2,(H,22,23). The van der Waals surface area contributed by atoms with E-state index < -0.39 is 0 Å². The topological polar surface area (TPSA) is 49.0 Å². The van der Waals surface area contributed by atoms with E-state index in [9.17, 15) is 4.79 Å². The van der Waals surface area contributed by atoms with Gasteiger partial charge in [-0.2, -0.15) is 0 Å². The predicted octanol–water partition coefficient (Wildman–Crippen LogP) is 3.73. The maximum Gasteiger partial charge on any atom is 0.223 e. The molecule has 1 fully saturated rings. The van der Waals surface area contributed by atoms with Crippen molar-refractivity contribution in [3.8, 4) is 0 Å². The van der Waals surface area contributed by atoms with Gasteiger partial charge in [0.2, 0.25) is 5.91 Å². The van der Waals surface area contributed by atoms with Crippen molar-refractivity contribution < 1.29 is 4.79 Å². The van der Waals surface area contributed by atoms with E-state index in [4.69, 9.17) is 0 Å². The van der Waals surface area contributed by atoms with Gasteiger partial charge in [0, 0.05) is 25.4 Å². The van der Waals surface area contributed by atoms with Gasteiger partial charge in [-0.05, 0) is 37.0 Å². The zero-order valence-electron chi connectivity index (χ0n) is 14.3. The van der Waals surface area contributed by atoms with Crippen LogP contribution in [0.25, 0.3) is 11.0 Å². The molecule has 1 saturated heterocycles. The van der Waals surface area contributed by atoms with Crippen LogP contribution in [0.3, 0.4) is 0 Å². The van der Waals surface area contributed by atoms with Crippen molar-refractivity contribution in [3.05, 3.63) is 66.0 Å². The Bertz CT molecular complexity index is 823. The summed E-state index contributed by atoms with van der Waals surface area (Å²) < 4.78 is 0. The summed E-state index contributed by atoms with van der Waals surface area (Å²) in [5.41, 5.74) is 3.31. The van der Waals surface area contributed by atoms with E-state index in [-0.39, 0.29) is 5.91 Å². The van der Waals surface area contributed by atoms with Crippen LogP contribution in [0, 0.1) is 0 Å². The zero-order valence-corrected chi connectivity index (χ0v) is 14.3. The monoisotopic (exact) mass is 333 g/mol. The van der Waals surface area contributed by atoms with E-state index in [2.05, 4.69) is 39.1 Å². The molecule has 2 heterocycles. The fraction of sp³-hybridized carbons (Fsp3) is 0.333. The Morgan fingerprint density at radius 1 is 1.12 bits per heavy atom. The van der Waals surface area contributed by atoms with Gasteiger partial charge >= 0.3 is 0 Å². The van der Waals surface area contributed by atoms with Crippen molar-refractivity contribution >= 4 is 16.9 Å². The highest BCUT2D eigenvalue weighted by Crippen LogP contribution is 2.22. The van der Waals surface area contributed by atoms with Gasteiger partial charge in [-0.15, -0.1) is 0 Å². The quantitative estimate of drug-likeness (QED) is 0.773. The van der Waals surface area contributed by atoms with Crippen molar-refractivity contribution in [2.75, 3.05) is 6.54 Å². The molecule has 25 heavy (non-hydrogen) atoms. The van der Waals surface area contributed by atoms with Crippen molar-refractivity contribution in [1.29, 1.82) is 0 Å². The number of amides is 1. The van der Waals surface area contributed by atoms with Crippen LogP contribution in [0.4, 0.5) is 0 Å². The normalized spacial score (nSPS) is 17.3. The van der Waals surface area contributed by atoms with E-state index >= 15 is 0 Å². The number of aromatic nitrogens is 2. The largest absolute Gasteiger partial charge is 0.342 e. The molecule has 1 unspecified atom stereocenters. The van der Waals surface area contributed by atoms with E-state index in [1.807, 2.05) is 30.3 Å². The molecule has 3 aromatic rings. The average Bonchev–Trinajstić information content (AvgIpc) is 3.27. The minimum absolute atomic E-state index is 0.249. The molecule has 0 aliphatic carbocycles. The Morgan fingerprint density at radius 3 is 2.76 bits per heavy atom. The Balaban J connectivity index is 1.38. The number of imidazole rings is 1. The third-order valence-electron chi connectivity index (χ3n) is 5.03.